The van der Waals surface area contributed by atoms with Gasteiger partial charge in [-0.25, -0.2) is 9.78 Å². The molecule has 1 aliphatic heterocycles. The number of pyridine rings is 1. The molecule has 1 aliphatic rings. The number of nitrogens with one attached hydrogen (secondary N) is 1. The van der Waals surface area contributed by atoms with Crippen molar-refractivity contribution in [2.75, 3.05) is 18.0 Å². The van der Waals surface area contributed by atoms with E-state index in [9.17, 15) is 22.8 Å². The molecule has 0 bridgehead atoms. The van der Waals surface area contributed by atoms with Gasteiger partial charge < -0.3 is 20.1 Å². The van der Waals surface area contributed by atoms with Crippen molar-refractivity contribution in [1.29, 1.82) is 0 Å². The molecule has 4 rings (SSSR count). The largest absolute Gasteiger partial charge is 0.489 e. The summed E-state index contributed by atoms with van der Waals surface area (Å²) < 4.78 is 44.9. The van der Waals surface area contributed by atoms with E-state index in [1.807, 2.05) is 4.90 Å². The van der Waals surface area contributed by atoms with Gasteiger partial charge in [0, 0.05) is 19.2 Å². The van der Waals surface area contributed by atoms with Gasteiger partial charge in [-0.15, -0.1) is 0 Å². The predicted octanol–water partition coefficient (Wildman–Crippen LogP) is 5.60. The SMILES string of the molecule is CC(NC(=O)c1cc(Cl)cnc1N1CCC(Oc2cccc(C(F)(F)F)c2)C1)c1ccc(C(=O)O)cc1. The zero-order chi connectivity index (χ0) is 26.7. The molecule has 0 saturated carbocycles. The Kier molecular flexibility index (Phi) is 7.58. The van der Waals surface area contributed by atoms with E-state index in [-0.39, 0.29) is 21.9 Å². The Balaban J connectivity index is 1.46. The van der Waals surface area contributed by atoms with Crippen molar-refractivity contribution in [2.45, 2.75) is 31.7 Å². The lowest BCUT2D eigenvalue weighted by atomic mass is 10.1. The molecule has 2 heterocycles. The molecule has 1 amide bonds. The van der Waals surface area contributed by atoms with Crippen LogP contribution < -0.4 is 15.0 Å². The molecule has 2 atom stereocenters. The fourth-order valence-electron chi connectivity index (χ4n) is 4.08. The summed E-state index contributed by atoms with van der Waals surface area (Å²) in [5.41, 5.74) is 0.302. The first-order valence-corrected chi connectivity index (χ1v) is 11.8. The lowest BCUT2D eigenvalue weighted by molar-refractivity contribution is -0.137. The number of aromatic carboxylic acids is 1. The number of aromatic nitrogens is 1. The summed E-state index contributed by atoms with van der Waals surface area (Å²) in [6.07, 6.45) is -2.92. The zero-order valence-electron chi connectivity index (χ0n) is 19.6. The van der Waals surface area contributed by atoms with Gasteiger partial charge in [-0.3, -0.25) is 4.79 Å². The monoisotopic (exact) mass is 533 g/mol. The second-order valence-electron chi connectivity index (χ2n) is 8.65. The lowest BCUT2D eigenvalue weighted by Crippen LogP contribution is -2.31. The van der Waals surface area contributed by atoms with Crippen molar-refractivity contribution >= 4 is 29.3 Å². The molecule has 2 aromatic carbocycles. The summed E-state index contributed by atoms with van der Waals surface area (Å²) in [5, 5.41) is 12.2. The molecule has 7 nitrogen and oxygen atoms in total. The molecule has 194 valence electrons. The van der Waals surface area contributed by atoms with Crippen LogP contribution in [0.2, 0.25) is 5.02 Å². The highest BCUT2D eigenvalue weighted by atomic mass is 35.5. The van der Waals surface area contributed by atoms with Gasteiger partial charge in [0.15, 0.2) is 0 Å². The highest BCUT2D eigenvalue weighted by molar-refractivity contribution is 6.31. The number of anilines is 1. The minimum absolute atomic E-state index is 0.117. The molecule has 2 N–H and O–H groups in total. The van der Waals surface area contributed by atoms with Gasteiger partial charge in [-0.05, 0) is 48.9 Å². The Hall–Kier alpha value is -3.79. The van der Waals surface area contributed by atoms with Gasteiger partial charge in [-0.2, -0.15) is 13.2 Å². The molecule has 1 fully saturated rings. The van der Waals surface area contributed by atoms with Gasteiger partial charge in [-0.1, -0.05) is 29.8 Å². The molecular formula is C26H23ClF3N3O4. The summed E-state index contributed by atoms with van der Waals surface area (Å²) >= 11 is 6.12. The first kappa shape index (κ1) is 26.3. The summed E-state index contributed by atoms with van der Waals surface area (Å²) in [6, 6.07) is 12.0. The van der Waals surface area contributed by atoms with E-state index in [1.165, 1.54) is 36.5 Å². The Morgan fingerprint density at radius 2 is 1.92 bits per heavy atom. The number of rotatable bonds is 7. The standard InChI is InChI=1S/C26H23ClF3N3O4/c1-15(16-5-7-17(8-6-16)25(35)36)32-24(34)22-12-19(27)13-31-23(22)33-10-9-21(14-33)37-20-4-2-3-18(11-20)26(28,29)30/h2-8,11-13,15,21H,9-10,14H2,1H3,(H,32,34)(H,35,36). The number of carbonyl (C=O) groups excluding carboxylic acids is 1. The minimum Gasteiger partial charge on any atom is -0.489 e. The number of nitrogens with zero attached hydrogens (tertiary/aromatic N) is 2. The third kappa shape index (κ3) is 6.32. The van der Waals surface area contributed by atoms with Crippen molar-refractivity contribution in [3.05, 3.63) is 88.1 Å². The van der Waals surface area contributed by atoms with Crippen molar-refractivity contribution in [2.24, 2.45) is 0 Å². The van der Waals surface area contributed by atoms with E-state index in [2.05, 4.69) is 10.3 Å². The number of carbonyl (C=O) groups is 2. The van der Waals surface area contributed by atoms with Crippen LogP contribution in [0.5, 0.6) is 5.75 Å². The second-order valence-corrected chi connectivity index (χ2v) is 9.08. The second kappa shape index (κ2) is 10.7. The maximum atomic E-state index is 13.2. The van der Waals surface area contributed by atoms with E-state index >= 15 is 0 Å². The van der Waals surface area contributed by atoms with Crippen LogP contribution in [0.15, 0.2) is 60.8 Å². The molecule has 0 spiro atoms. The van der Waals surface area contributed by atoms with Crippen LogP contribution in [-0.4, -0.2) is 41.2 Å². The van der Waals surface area contributed by atoms with Crippen molar-refractivity contribution < 1.29 is 32.6 Å². The predicted molar refractivity (Wildman–Crippen MR) is 131 cm³/mol. The average molecular weight is 534 g/mol. The van der Waals surface area contributed by atoms with Crippen LogP contribution in [0, 0.1) is 0 Å². The van der Waals surface area contributed by atoms with Crippen LogP contribution >= 0.6 is 11.6 Å². The number of carboxylic acid groups (broad SMARTS) is 1. The van der Waals surface area contributed by atoms with Crippen LogP contribution in [0.4, 0.5) is 19.0 Å². The molecule has 0 aliphatic carbocycles. The summed E-state index contributed by atoms with van der Waals surface area (Å²) in [4.78, 5) is 30.4. The Labute approximate surface area is 215 Å². The maximum Gasteiger partial charge on any atom is 0.416 e. The van der Waals surface area contributed by atoms with E-state index in [0.29, 0.717) is 30.9 Å². The third-order valence-electron chi connectivity index (χ3n) is 5.99. The quantitative estimate of drug-likeness (QED) is 0.411. The highest BCUT2D eigenvalue weighted by Gasteiger charge is 2.32. The average Bonchev–Trinajstić information content (AvgIpc) is 3.31. The van der Waals surface area contributed by atoms with Crippen LogP contribution in [0.25, 0.3) is 0 Å². The molecule has 0 radical (unpaired) electrons. The summed E-state index contributed by atoms with van der Waals surface area (Å²) in [6.45, 7) is 2.56. The highest BCUT2D eigenvalue weighted by Crippen LogP contribution is 2.33. The lowest BCUT2D eigenvalue weighted by Gasteiger charge is -2.22. The normalized spacial score (nSPS) is 16.4. The van der Waals surface area contributed by atoms with Crippen LogP contribution in [0.1, 0.15) is 51.2 Å². The van der Waals surface area contributed by atoms with E-state index in [1.54, 1.807) is 19.1 Å². The van der Waals surface area contributed by atoms with Gasteiger partial charge in [0.25, 0.3) is 5.91 Å². The number of alkyl halides is 3. The topological polar surface area (TPSA) is 91.8 Å². The van der Waals surface area contributed by atoms with Crippen LogP contribution in [0.3, 0.4) is 0 Å². The van der Waals surface area contributed by atoms with E-state index < -0.39 is 35.8 Å². The molecule has 2 unspecified atom stereocenters. The fourth-order valence-corrected chi connectivity index (χ4v) is 4.24. The molecule has 1 saturated heterocycles. The number of ether oxygens (including phenoxy) is 1. The van der Waals surface area contributed by atoms with Crippen molar-refractivity contribution in [3.8, 4) is 5.75 Å². The third-order valence-corrected chi connectivity index (χ3v) is 6.20. The Morgan fingerprint density at radius 1 is 1.19 bits per heavy atom. The van der Waals surface area contributed by atoms with Gasteiger partial charge in [0.2, 0.25) is 0 Å². The number of amides is 1. The summed E-state index contributed by atoms with van der Waals surface area (Å²) in [7, 11) is 0. The number of benzene rings is 2. The van der Waals surface area contributed by atoms with Gasteiger partial charge in [0.05, 0.1) is 34.3 Å². The number of carboxylic acids is 1. The van der Waals surface area contributed by atoms with Crippen molar-refractivity contribution in [1.82, 2.24) is 10.3 Å². The fraction of sp³-hybridized carbons (Fsp3) is 0.269. The first-order chi connectivity index (χ1) is 17.5. The molecule has 3 aromatic rings. The molecular weight excluding hydrogens is 511 g/mol. The molecule has 37 heavy (non-hydrogen) atoms. The van der Waals surface area contributed by atoms with Gasteiger partial charge >= 0.3 is 12.1 Å². The smallest absolute Gasteiger partial charge is 0.416 e. The van der Waals surface area contributed by atoms with E-state index in [0.717, 1.165) is 12.1 Å². The maximum absolute atomic E-state index is 13.2. The zero-order valence-corrected chi connectivity index (χ0v) is 20.4. The summed E-state index contributed by atoms with van der Waals surface area (Å²) in [5.74, 6) is -0.974. The minimum atomic E-state index is -4.47. The molecule has 11 heteroatoms. The van der Waals surface area contributed by atoms with Crippen molar-refractivity contribution in [3.63, 3.8) is 0 Å². The van der Waals surface area contributed by atoms with Crippen LogP contribution in [-0.2, 0) is 6.18 Å². The first-order valence-electron chi connectivity index (χ1n) is 11.4. The number of halogens is 4. The number of hydrogen-bond donors (Lipinski definition) is 2. The molecule has 1 aromatic heterocycles. The Bertz CT molecular complexity index is 1300. The van der Waals surface area contributed by atoms with Gasteiger partial charge in [0.1, 0.15) is 17.7 Å². The Morgan fingerprint density at radius 3 is 2.59 bits per heavy atom. The number of hydrogen-bond acceptors (Lipinski definition) is 5. The van der Waals surface area contributed by atoms with E-state index in [4.69, 9.17) is 21.4 Å².